The van der Waals surface area contributed by atoms with Gasteiger partial charge in [0, 0.05) is 12.6 Å². The Hall–Kier alpha value is -0.380. The van der Waals surface area contributed by atoms with E-state index >= 15 is 0 Å². The summed E-state index contributed by atoms with van der Waals surface area (Å²) in [5, 5.41) is 17.4. The molecule has 1 aliphatic carbocycles. The highest BCUT2D eigenvalue weighted by Gasteiger charge is 2.24. The van der Waals surface area contributed by atoms with E-state index < -0.39 is 0 Å². The second kappa shape index (κ2) is 4.43. The van der Waals surface area contributed by atoms with Gasteiger partial charge < -0.3 is 10.4 Å². The van der Waals surface area contributed by atoms with Crippen molar-refractivity contribution in [1.29, 1.82) is 0 Å². The molecule has 14 heavy (non-hydrogen) atoms. The molecular weight excluding hydrogens is 194 g/mol. The monoisotopic (exact) mass is 211 g/mol. The van der Waals surface area contributed by atoms with E-state index in [2.05, 4.69) is 23.0 Å². The molecule has 1 aromatic heterocycles. The van der Waals surface area contributed by atoms with Crippen molar-refractivity contribution in [3.63, 3.8) is 0 Å². The van der Waals surface area contributed by atoms with Crippen LogP contribution in [0.2, 0.25) is 0 Å². The average molecular weight is 211 g/mol. The fourth-order valence-electron chi connectivity index (χ4n) is 1.99. The van der Waals surface area contributed by atoms with Gasteiger partial charge in [-0.2, -0.15) is 11.3 Å². The Kier molecular flexibility index (Phi) is 3.21. The van der Waals surface area contributed by atoms with Gasteiger partial charge >= 0.3 is 0 Å². The minimum Gasteiger partial charge on any atom is -0.392 e. The Morgan fingerprint density at radius 2 is 2.36 bits per heavy atom. The molecule has 3 heteroatoms. The minimum absolute atomic E-state index is 0.131. The predicted molar refractivity (Wildman–Crippen MR) is 59.5 cm³/mol. The van der Waals surface area contributed by atoms with Crippen LogP contribution in [0.25, 0.3) is 0 Å². The molecule has 0 spiro atoms. The van der Waals surface area contributed by atoms with Gasteiger partial charge in [-0.15, -0.1) is 0 Å². The van der Waals surface area contributed by atoms with Crippen LogP contribution in [-0.2, 0) is 6.54 Å². The number of aryl methyl sites for hydroxylation is 1. The molecule has 0 bridgehead atoms. The molecular formula is C11H17NOS. The third kappa shape index (κ3) is 2.16. The molecule has 1 aromatic rings. The quantitative estimate of drug-likeness (QED) is 0.802. The molecule has 0 aromatic carbocycles. The number of thiophene rings is 1. The first kappa shape index (κ1) is 10.1. The third-order valence-electron chi connectivity index (χ3n) is 3.00. The first-order valence-electron chi connectivity index (χ1n) is 5.20. The predicted octanol–water partition coefficient (Wildman–Crippen LogP) is 2.06. The molecule has 0 aliphatic heterocycles. The van der Waals surface area contributed by atoms with Crippen LogP contribution >= 0.6 is 11.3 Å². The van der Waals surface area contributed by atoms with E-state index in [-0.39, 0.29) is 6.10 Å². The zero-order chi connectivity index (χ0) is 9.97. The number of nitrogens with one attached hydrogen (secondary N) is 1. The van der Waals surface area contributed by atoms with Gasteiger partial charge in [0.05, 0.1) is 6.10 Å². The van der Waals surface area contributed by atoms with Gasteiger partial charge in [-0.25, -0.2) is 0 Å². The molecule has 2 atom stereocenters. The summed E-state index contributed by atoms with van der Waals surface area (Å²) in [7, 11) is 0. The van der Waals surface area contributed by atoms with Gasteiger partial charge in [0.15, 0.2) is 0 Å². The Bertz CT molecular complexity index is 297. The molecule has 2 N–H and O–H groups in total. The fourth-order valence-corrected chi connectivity index (χ4v) is 2.84. The maximum atomic E-state index is 9.63. The van der Waals surface area contributed by atoms with Crippen LogP contribution in [-0.4, -0.2) is 17.3 Å². The van der Waals surface area contributed by atoms with Crippen molar-refractivity contribution in [2.45, 2.75) is 44.9 Å². The van der Waals surface area contributed by atoms with Crippen LogP contribution in [0.3, 0.4) is 0 Å². The highest BCUT2D eigenvalue weighted by atomic mass is 32.1. The lowest BCUT2D eigenvalue weighted by molar-refractivity contribution is 0.148. The summed E-state index contributed by atoms with van der Waals surface area (Å²) in [6, 6.07) is 0.314. The van der Waals surface area contributed by atoms with Crippen LogP contribution in [0.5, 0.6) is 0 Å². The van der Waals surface area contributed by atoms with E-state index in [1.165, 1.54) is 11.1 Å². The Labute approximate surface area is 89.0 Å². The number of aliphatic hydroxyl groups excluding tert-OH is 1. The van der Waals surface area contributed by atoms with Crippen molar-refractivity contribution in [1.82, 2.24) is 5.32 Å². The highest BCUT2D eigenvalue weighted by Crippen LogP contribution is 2.20. The van der Waals surface area contributed by atoms with Crippen LogP contribution in [0.15, 0.2) is 10.8 Å². The van der Waals surface area contributed by atoms with Crippen molar-refractivity contribution in [3.8, 4) is 0 Å². The summed E-state index contributed by atoms with van der Waals surface area (Å²) in [6.07, 6.45) is 3.10. The smallest absolute Gasteiger partial charge is 0.0693 e. The van der Waals surface area contributed by atoms with E-state index in [1.54, 1.807) is 11.3 Å². The Morgan fingerprint density at radius 1 is 1.50 bits per heavy atom. The molecule has 0 saturated heterocycles. The number of hydrogen-bond donors (Lipinski definition) is 2. The SMILES string of the molecule is Cc1cscc1CN[C@H]1CCC[C@@H]1O. The zero-order valence-electron chi connectivity index (χ0n) is 8.49. The molecule has 1 fully saturated rings. The van der Waals surface area contributed by atoms with Crippen molar-refractivity contribution < 1.29 is 5.11 Å². The lowest BCUT2D eigenvalue weighted by atomic mass is 10.2. The topological polar surface area (TPSA) is 32.3 Å². The highest BCUT2D eigenvalue weighted by molar-refractivity contribution is 7.08. The molecule has 0 unspecified atom stereocenters. The number of hydrogen-bond acceptors (Lipinski definition) is 3. The van der Waals surface area contributed by atoms with Gasteiger partial charge in [-0.1, -0.05) is 0 Å². The van der Waals surface area contributed by atoms with Crippen molar-refractivity contribution in [2.75, 3.05) is 0 Å². The van der Waals surface area contributed by atoms with E-state index in [9.17, 15) is 5.11 Å². The first-order chi connectivity index (χ1) is 6.77. The maximum absolute atomic E-state index is 9.63. The Balaban J connectivity index is 1.85. The minimum atomic E-state index is -0.131. The third-order valence-corrected chi connectivity index (χ3v) is 3.91. The van der Waals surface area contributed by atoms with Crippen LogP contribution < -0.4 is 5.32 Å². The summed E-state index contributed by atoms with van der Waals surface area (Å²) in [6.45, 7) is 3.04. The van der Waals surface area contributed by atoms with Gasteiger partial charge in [0.2, 0.25) is 0 Å². The summed E-state index contributed by atoms with van der Waals surface area (Å²) in [4.78, 5) is 0. The second-order valence-corrected chi connectivity index (χ2v) is 4.81. The number of rotatable bonds is 3. The van der Waals surface area contributed by atoms with Gasteiger partial charge in [-0.05, 0) is 48.1 Å². The summed E-state index contributed by atoms with van der Waals surface area (Å²) in [5.74, 6) is 0. The van der Waals surface area contributed by atoms with Crippen molar-refractivity contribution in [3.05, 3.63) is 21.9 Å². The van der Waals surface area contributed by atoms with E-state index in [4.69, 9.17) is 0 Å². The molecule has 2 nitrogen and oxygen atoms in total. The lowest BCUT2D eigenvalue weighted by Crippen LogP contribution is -2.35. The molecule has 1 aliphatic rings. The normalized spacial score (nSPS) is 27.0. The van der Waals surface area contributed by atoms with Crippen LogP contribution in [0.1, 0.15) is 30.4 Å². The molecule has 78 valence electrons. The standard InChI is InChI=1S/C11H17NOS/c1-8-6-14-7-9(8)5-12-10-3-2-4-11(10)13/h6-7,10-13H,2-5H2,1H3/t10-,11-/m0/s1. The maximum Gasteiger partial charge on any atom is 0.0693 e. The van der Waals surface area contributed by atoms with E-state index in [0.29, 0.717) is 6.04 Å². The largest absolute Gasteiger partial charge is 0.392 e. The van der Waals surface area contributed by atoms with Gasteiger partial charge in [0.25, 0.3) is 0 Å². The summed E-state index contributed by atoms with van der Waals surface area (Å²) >= 11 is 1.75. The summed E-state index contributed by atoms with van der Waals surface area (Å²) < 4.78 is 0. The molecule has 1 heterocycles. The van der Waals surface area contributed by atoms with Crippen molar-refractivity contribution in [2.24, 2.45) is 0 Å². The van der Waals surface area contributed by atoms with Crippen LogP contribution in [0.4, 0.5) is 0 Å². The average Bonchev–Trinajstić information content (AvgIpc) is 2.72. The fraction of sp³-hybridized carbons (Fsp3) is 0.636. The first-order valence-corrected chi connectivity index (χ1v) is 6.15. The second-order valence-electron chi connectivity index (χ2n) is 4.07. The molecule has 2 rings (SSSR count). The number of aliphatic hydroxyl groups is 1. The van der Waals surface area contributed by atoms with Gasteiger partial charge in [0.1, 0.15) is 0 Å². The lowest BCUT2D eigenvalue weighted by Gasteiger charge is -2.16. The van der Waals surface area contributed by atoms with Crippen molar-refractivity contribution >= 4 is 11.3 Å². The molecule has 1 saturated carbocycles. The molecule has 0 amide bonds. The zero-order valence-corrected chi connectivity index (χ0v) is 9.31. The van der Waals surface area contributed by atoms with E-state index in [1.807, 2.05) is 0 Å². The van der Waals surface area contributed by atoms with Gasteiger partial charge in [-0.3, -0.25) is 0 Å². The van der Waals surface area contributed by atoms with Crippen LogP contribution in [0, 0.1) is 6.92 Å². The van der Waals surface area contributed by atoms with E-state index in [0.717, 1.165) is 25.8 Å². The molecule has 0 radical (unpaired) electrons. The Morgan fingerprint density at radius 3 is 2.93 bits per heavy atom. The summed E-state index contributed by atoms with van der Waals surface area (Å²) in [5.41, 5.74) is 2.73.